The third kappa shape index (κ3) is 2.66. The summed E-state index contributed by atoms with van der Waals surface area (Å²) in [4.78, 5) is 10.5. The molecule has 1 saturated heterocycles. The monoisotopic (exact) mass is 224 g/mol. The van der Waals surface area contributed by atoms with E-state index in [2.05, 4.69) is 10.2 Å². The maximum atomic E-state index is 10.5. The molecular formula is C10H12N2O4. The van der Waals surface area contributed by atoms with Gasteiger partial charge in [0.1, 0.15) is 6.61 Å². The lowest BCUT2D eigenvalue weighted by Crippen LogP contribution is -2.17. The van der Waals surface area contributed by atoms with E-state index >= 15 is 0 Å². The van der Waals surface area contributed by atoms with E-state index in [1.807, 2.05) is 0 Å². The van der Waals surface area contributed by atoms with Crippen molar-refractivity contribution >= 4 is 5.97 Å². The van der Waals surface area contributed by atoms with E-state index in [-0.39, 0.29) is 11.8 Å². The predicted octanol–water partition coefficient (Wildman–Crippen LogP) is 0.733. The summed E-state index contributed by atoms with van der Waals surface area (Å²) < 4.78 is 10.7. The first kappa shape index (κ1) is 10.8. The van der Waals surface area contributed by atoms with Crippen molar-refractivity contribution in [2.75, 3.05) is 13.2 Å². The maximum Gasteiger partial charge on any atom is 0.356 e. The zero-order valence-electron chi connectivity index (χ0n) is 8.63. The van der Waals surface area contributed by atoms with Gasteiger partial charge < -0.3 is 14.6 Å². The molecule has 16 heavy (non-hydrogen) atoms. The SMILES string of the molecule is O=C(O)c1ccc(OCC2CCCO2)nn1. The fourth-order valence-electron chi connectivity index (χ4n) is 1.47. The molecule has 2 heterocycles. The molecule has 0 radical (unpaired) electrons. The van der Waals surface area contributed by atoms with E-state index in [9.17, 15) is 4.79 Å². The number of rotatable bonds is 4. The smallest absolute Gasteiger partial charge is 0.356 e. The molecule has 1 aliphatic heterocycles. The highest BCUT2D eigenvalue weighted by atomic mass is 16.5. The van der Waals surface area contributed by atoms with Crippen LogP contribution in [-0.4, -0.2) is 40.6 Å². The second-order valence-electron chi connectivity index (χ2n) is 3.51. The molecule has 1 aromatic rings. The molecule has 1 atom stereocenters. The van der Waals surface area contributed by atoms with Gasteiger partial charge in [-0.1, -0.05) is 0 Å². The summed E-state index contributed by atoms with van der Waals surface area (Å²) in [7, 11) is 0. The normalized spacial score (nSPS) is 19.6. The lowest BCUT2D eigenvalue weighted by molar-refractivity contribution is 0.0651. The van der Waals surface area contributed by atoms with Gasteiger partial charge in [0.15, 0.2) is 5.69 Å². The Morgan fingerprint density at radius 2 is 2.44 bits per heavy atom. The van der Waals surface area contributed by atoms with Crippen LogP contribution in [-0.2, 0) is 4.74 Å². The minimum atomic E-state index is -1.10. The van der Waals surface area contributed by atoms with Crippen LogP contribution in [0.5, 0.6) is 5.88 Å². The number of ether oxygens (including phenoxy) is 2. The fraction of sp³-hybridized carbons (Fsp3) is 0.500. The molecule has 6 nitrogen and oxygen atoms in total. The number of aromatic carboxylic acids is 1. The molecule has 1 N–H and O–H groups in total. The summed E-state index contributed by atoms with van der Waals surface area (Å²) in [5, 5.41) is 15.8. The molecule has 0 aliphatic carbocycles. The topological polar surface area (TPSA) is 81.5 Å². The van der Waals surface area contributed by atoms with Crippen LogP contribution in [0.2, 0.25) is 0 Å². The summed E-state index contributed by atoms with van der Waals surface area (Å²) >= 11 is 0. The Balaban J connectivity index is 1.87. The quantitative estimate of drug-likeness (QED) is 0.812. The van der Waals surface area contributed by atoms with E-state index in [4.69, 9.17) is 14.6 Å². The summed E-state index contributed by atoms with van der Waals surface area (Å²) in [5.41, 5.74) is -0.0931. The van der Waals surface area contributed by atoms with E-state index in [1.165, 1.54) is 12.1 Å². The molecule has 0 bridgehead atoms. The maximum absolute atomic E-state index is 10.5. The minimum absolute atomic E-state index is 0.0931. The highest BCUT2D eigenvalue weighted by molar-refractivity contribution is 5.84. The molecule has 0 amide bonds. The molecule has 6 heteroatoms. The first-order valence-electron chi connectivity index (χ1n) is 5.07. The predicted molar refractivity (Wildman–Crippen MR) is 53.5 cm³/mol. The third-order valence-electron chi connectivity index (χ3n) is 2.30. The molecule has 1 aromatic heterocycles. The number of carboxylic acid groups (broad SMARTS) is 1. The van der Waals surface area contributed by atoms with Gasteiger partial charge in [0.05, 0.1) is 6.10 Å². The van der Waals surface area contributed by atoms with Crippen molar-refractivity contribution in [1.82, 2.24) is 10.2 Å². The van der Waals surface area contributed by atoms with Crippen molar-refractivity contribution in [3.63, 3.8) is 0 Å². The van der Waals surface area contributed by atoms with Crippen LogP contribution >= 0.6 is 0 Å². The Morgan fingerprint density at radius 3 is 3.00 bits per heavy atom. The van der Waals surface area contributed by atoms with E-state index in [1.54, 1.807) is 0 Å². The third-order valence-corrected chi connectivity index (χ3v) is 2.30. The molecule has 1 unspecified atom stereocenters. The second kappa shape index (κ2) is 4.89. The Hall–Kier alpha value is -1.69. The van der Waals surface area contributed by atoms with Crippen molar-refractivity contribution in [3.05, 3.63) is 17.8 Å². The van der Waals surface area contributed by atoms with Crippen molar-refractivity contribution in [2.24, 2.45) is 0 Å². The van der Waals surface area contributed by atoms with E-state index < -0.39 is 5.97 Å². The largest absolute Gasteiger partial charge is 0.476 e. The first-order chi connectivity index (χ1) is 7.75. The molecule has 1 fully saturated rings. The Kier molecular flexibility index (Phi) is 3.31. The molecule has 0 aromatic carbocycles. The second-order valence-corrected chi connectivity index (χ2v) is 3.51. The summed E-state index contributed by atoms with van der Waals surface area (Å²) in [5.74, 6) is -0.779. The van der Waals surface area contributed by atoms with Crippen LogP contribution in [0.3, 0.4) is 0 Å². The van der Waals surface area contributed by atoms with Gasteiger partial charge in [0, 0.05) is 12.7 Å². The standard InChI is InChI=1S/C10H12N2O4/c13-10(14)8-3-4-9(12-11-8)16-6-7-2-1-5-15-7/h3-4,7H,1-2,5-6H2,(H,13,14). The highest BCUT2D eigenvalue weighted by Gasteiger charge is 2.16. The number of hydrogen-bond acceptors (Lipinski definition) is 5. The Morgan fingerprint density at radius 1 is 1.56 bits per heavy atom. The number of aromatic nitrogens is 2. The lowest BCUT2D eigenvalue weighted by Gasteiger charge is -2.09. The van der Waals surface area contributed by atoms with Crippen molar-refractivity contribution in [3.8, 4) is 5.88 Å². The highest BCUT2D eigenvalue weighted by Crippen LogP contribution is 2.13. The molecule has 2 rings (SSSR count). The van der Waals surface area contributed by atoms with E-state index in [0.717, 1.165) is 19.4 Å². The summed E-state index contributed by atoms with van der Waals surface area (Å²) in [6.45, 7) is 1.21. The van der Waals surface area contributed by atoms with Gasteiger partial charge in [0.25, 0.3) is 0 Å². The average molecular weight is 224 g/mol. The molecular weight excluding hydrogens is 212 g/mol. The molecule has 0 spiro atoms. The molecule has 0 saturated carbocycles. The molecule has 86 valence electrons. The molecule has 1 aliphatic rings. The Labute approximate surface area is 92.2 Å². The van der Waals surface area contributed by atoms with Gasteiger partial charge in [0.2, 0.25) is 5.88 Å². The van der Waals surface area contributed by atoms with Crippen LogP contribution in [0.4, 0.5) is 0 Å². The Bertz CT molecular complexity index is 360. The summed E-state index contributed by atoms with van der Waals surface area (Å²) in [6, 6.07) is 2.85. The number of nitrogens with zero attached hydrogens (tertiary/aromatic N) is 2. The van der Waals surface area contributed by atoms with Crippen LogP contribution in [0.15, 0.2) is 12.1 Å². The first-order valence-corrected chi connectivity index (χ1v) is 5.07. The minimum Gasteiger partial charge on any atom is -0.476 e. The van der Waals surface area contributed by atoms with Crippen molar-refractivity contribution in [1.29, 1.82) is 0 Å². The van der Waals surface area contributed by atoms with Crippen LogP contribution < -0.4 is 4.74 Å². The van der Waals surface area contributed by atoms with E-state index in [0.29, 0.717) is 12.5 Å². The fourth-order valence-corrected chi connectivity index (χ4v) is 1.47. The summed E-state index contributed by atoms with van der Waals surface area (Å²) in [6.07, 6.45) is 2.15. The van der Waals surface area contributed by atoms with Crippen LogP contribution in [0.25, 0.3) is 0 Å². The van der Waals surface area contributed by atoms with Crippen molar-refractivity contribution in [2.45, 2.75) is 18.9 Å². The van der Waals surface area contributed by atoms with Crippen LogP contribution in [0.1, 0.15) is 23.3 Å². The van der Waals surface area contributed by atoms with Gasteiger partial charge in [-0.05, 0) is 18.9 Å². The average Bonchev–Trinajstić information content (AvgIpc) is 2.80. The van der Waals surface area contributed by atoms with Gasteiger partial charge in [-0.25, -0.2) is 4.79 Å². The van der Waals surface area contributed by atoms with Gasteiger partial charge in [-0.15, -0.1) is 10.2 Å². The number of hydrogen-bond donors (Lipinski definition) is 1. The van der Waals surface area contributed by atoms with Gasteiger partial charge >= 0.3 is 5.97 Å². The number of carboxylic acids is 1. The number of carbonyl (C=O) groups is 1. The van der Waals surface area contributed by atoms with Gasteiger partial charge in [-0.2, -0.15) is 0 Å². The lowest BCUT2D eigenvalue weighted by atomic mass is 10.2. The van der Waals surface area contributed by atoms with Crippen LogP contribution in [0, 0.1) is 0 Å². The zero-order chi connectivity index (χ0) is 11.4. The van der Waals surface area contributed by atoms with Crippen molar-refractivity contribution < 1.29 is 19.4 Å². The van der Waals surface area contributed by atoms with Gasteiger partial charge in [-0.3, -0.25) is 0 Å². The zero-order valence-corrected chi connectivity index (χ0v) is 8.63.